The Labute approximate surface area is 115 Å². The van der Waals surface area contributed by atoms with Crippen LogP contribution in [0.1, 0.15) is 37.4 Å². The molecule has 0 spiro atoms. The highest BCUT2D eigenvalue weighted by molar-refractivity contribution is 5.14. The number of aromatic nitrogens is 3. The molecule has 2 rings (SSSR count). The van der Waals surface area contributed by atoms with E-state index in [1.165, 1.54) is 17.8 Å². The summed E-state index contributed by atoms with van der Waals surface area (Å²) in [5, 5.41) is 7.95. The van der Waals surface area contributed by atoms with Gasteiger partial charge in [0.1, 0.15) is 0 Å². The molecule has 0 bridgehead atoms. The molecule has 2 heterocycles. The van der Waals surface area contributed by atoms with Gasteiger partial charge < -0.3 is 9.88 Å². The van der Waals surface area contributed by atoms with Gasteiger partial charge in [-0.15, -0.1) is 0 Å². The van der Waals surface area contributed by atoms with Gasteiger partial charge in [0, 0.05) is 25.5 Å². The maximum absolute atomic E-state index is 4.50. The van der Waals surface area contributed by atoms with Crippen LogP contribution < -0.4 is 5.32 Å². The van der Waals surface area contributed by atoms with Gasteiger partial charge in [0.15, 0.2) is 0 Å². The summed E-state index contributed by atoms with van der Waals surface area (Å²) in [4.78, 5) is 0. The summed E-state index contributed by atoms with van der Waals surface area (Å²) >= 11 is 0. The summed E-state index contributed by atoms with van der Waals surface area (Å²) in [6, 6.07) is 6.49. The first-order valence-corrected chi connectivity index (χ1v) is 7.11. The number of hydrogen-bond acceptors (Lipinski definition) is 2. The van der Waals surface area contributed by atoms with Crippen molar-refractivity contribution in [2.75, 3.05) is 6.54 Å². The van der Waals surface area contributed by atoms with E-state index in [-0.39, 0.29) is 0 Å². The normalized spacial score (nSPS) is 11.1. The first-order valence-electron chi connectivity index (χ1n) is 7.11. The predicted molar refractivity (Wildman–Crippen MR) is 78.1 cm³/mol. The lowest BCUT2D eigenvalue weighted by atomic mass is 10.3. The van der Waals surface area contributed by atoms with E-state index in [0.717, 1.165) is 31.7 Å². The molecule has 1 N–H and O–H groups in total. The van der Waals surface area contributed by atoms with Gasteiger partial charge in [-0.3, -0.25) is 4.68 Å². The minimum absolute atomic E-state index is 0.889. The van der Waals surface area contributed by atoms with Crippen LogP contribution in [0.3, 0.4) is 0 Å². The zero-order valence-electron chi connectivity index (χ0n) is 12.2. The Morgan fingerprint density at radius 1 is 1.26 bits per heavy atom. The fraction of sp³-hybridized carbons (Fsp3) is 0.533. The molecule has 0 fully saturated rings. The van der Waals surface area contributed by atoms with Crippen LogP contribution in [0.15, 0.2) is 24.4 Å². The van der Waals surface area contributed by atoms with E-state index in [1.807, 2.05) is 11.7 Å². The smallest absolute Gasteiger partial charge is 0.0642 e. The zero-order chi connectivity index (χ0) is 13.7. The first-order chi connectivity index (χ1) is 9.24. The molecule has 19 heavy (non-hydrogen) atoms. The van der Waals surface area contributed by atoms with Gasteiger partial charge in [0.25, 0.3) is 0 Å². The lowest BCUT2D eigenvalue weighted by Crippen LogP contribution is -2.17. The molecular weight excluding hydrogens is 236 g/mol. The van der Waals surface area contributed by atoms with Crippen LogP contribution >= 0.6 is 0 Å². The van der Waals surface area contributed by atoms with Crippen LogP contribution in [0, 0.1) is 0 Å². The predicted octanol–water partition coefficient (Wildman–Crippen LogP) is 2.33. The fourth-order valence-electron chi connectivity index (χ4n) is 2.22. The topological polar surface area (TPSA) is 34.8 Å². The number of nitrogens with zero attached hydrogens (tertiary/aromatic N) is 3. The third kappa shape index (κ3) is 3.47. The van der Waals surface area contributed by atoms with Gasteiger partial charge in [-0.25, -0.2) is 0 Å². The summed E-state index contributed by atoms with van der Waals surface area (Å²) in [6.45, 7) is 7.21. The maximum atomic E-state index is 4.50. The Hall–Kier alpha value is -1.55. The first kappa shape index (κ1) is 13.9. The minimum Gasteiger partial charge on any atom is -0.344 e. The monoisotopic (exact) mass is 260 g/mol. The quantitative estimate of drug-likeness (QED) is 0.775. The molecule has 104 valence electrons. The molecule has 0 saturated carbocycles. The van der Waals surface area contributed by atoms with Crippen molar-refractivity contribution in [3.63, 3.8) is 0 Å². The molecule has 0 unspecified atom stereocenters. The fourth-order valence-corrected chi connectivity index (χ4v) is 2.22. The Morgan fingerprint density at radius 2 is 2.11 bits per heavy atom. The Balaban J connectivity index is 2.06. The van der Waals surface area contributed by atoms with Crippen molar-refractivity contribution in [1.82, 2.24) is 19.7 Å². The molecule has 0 saturated heterocycles. The standard InChI is InChI=1S/C15H24N4/c1-4-8-16-11-14-7-6-9-19(14)12-15-10-13(5-2)17-18(15)3/h6-7,9-10,16H,4-5,8,11-12H2,1-3H3. The summed E-state index contributed by atoms with van der Waals surface area (Å²) in [5.41, 5.74) is 3.74. The van der Waals surface area contributed by atoms with Crippen molar-refractivity contribution in [2.24, 2.45) is 7.05 Å². The summed E-state index contributed by atoms with van der Waals surface area (Å²) in [5.74, 6) is 0. The maximum Gasteiger partial charge on any atom is 0.0642 e. The molecule has 2 aromatic heterocycles. The van der Waals surface area contributed by atoms with Gasteiger partial charge in [0.2, 0.25) is 0 Å². The van der Waals surface area contributed by atoms with Crippen molar-refractivity contribution >= 4 is 0 Å². The van der Waals surface area contributed by atoms with Crippen molar-refractivity contribution in [3.8, 4) is 0 Å². The SMILES string of the molecule is CCCNCc1cccn1Cc1cc(CC)nn1C. The molecule has 0 aliphatic heterocycles. The number of aryl methyl sites for hydroxylation is 2. The van der Waals surface area contributed by atoms with E-state index >= 15 is 0 Å². The van der Waals surface area contributed by atoms with Gasteiger partial charge in [-0.2, -0.15) is 5.10 Å². The van der Waals surface area contributed by atoms with Crippen molar-refractivity contribution < 1.29 is 0 Å². The molecule has 0 aliphatic carbocycles. The average Bonchev–Trinajstić information content (AvgIpc) is 2.98. The van der Waals surface area contributed by atoms with Crippen LogP contribution in [0.2, 0.25) is 0 Å². The van der Waals surface area contributed by atoms with Crippen molar-refractivity contribution in [1.29, 1.82) is 0 Å². The van der Waals surface area contributed by atoms with Crippen LogP contribution in [0.25, 0.3) is 0 Å². The van der Waals surface area contributed by atoms with E-state index in [9.17, 15) is 0 Å². The van der Waals surface area contributed by atoms with E-state index in [2.05, 4.69) is 53.2 Å². The van der Waals surface area contributed by atoms with Crippen LogP contribution in [0.5, 0.6) is 0 Å². The zero-order valence-corrected chi connectivity index (χ0v) is 12.2. The van der Waals surface area contributed by atoms with Crippen molar-refractivity contribution in [2.45, 2.75) is 39.8 Å². The number of hydrogen-bond donors (Lipinski definition) is 1. The Kier molecular flexibility index (Phi) is 4.80. The molecule has 4 nitrogen and oxygen atoms in total. The lowest BCUT2D eigenvalue weighted by Gasteiger charge is -2.10. The Morgan fingerprint density at radius 3 is 2.79 bits per heavy atom. The van der Waals surface area contributed by atoms with Gasteiger partial charge in [0.05, 0.1) is 17.9 Å². The Bertz CT molecular complexity index is 510. The number of rotatable bonds is 7. The summed E-state index contributed by atoms with van der Waals surface area (Å²) < 4.78 is 4.28. The van der Waals surface area contributed by atoms with Gasteiger partial charge in [-0.05, 0) is 37.6 Å². The van der Waals surface area contributed by atoms with Gasteiger partial charge in [-0.1, -0.05) is 13.8 Å². The molecule has 4 heteroatoms. The third-order valence-electron chi connectivity index (χ3n) is 3.38. The van der Waals surface area contributed by atoms with E-state index in [0.29, 0.717) is 0 Å². The minimum atomic E-state index is 0.889. The molecule has 0 amide bonds. The summed E-state index contributed by atoms with van der Waals surface area (Å²) in [7, 11) is 2.02. The van der Waals surface area contributed by atoms with Crippen LogP contribution in [-0.2, 0) is 26.6 Å². The number of nitrogens with one attached hydrogen (secondary N) is 1. The second-order valence-electron chi connectivity index (χ2n) is 4.91. The van der Waals surface area contributed by atoms with Gasteiger partial charge >= 0.3 is 0 Å². The average molecular weight is 260 g/mol. The molecule has 0 aromatic carbocycles. The molecular formula is C15H24N4. The third-order valence-corrected chi connectivity index (χ3v) is 3.38. The largest absolute Gasteiger partial charge is 0.344 e. The molecule has 0 atom stereocenters. The summed E-state index contributed by atoms with van der Waals surface area (Å²) in [6.07, 6.45) is 4.30. The lowest BCUT2D eigenvalue weighted by molar-refractivity contribution is 0.608. The van der Waals surface area contributed by atoms with E-state index in [4.69, 9.17) is 0 Å². The highest BCUT2D eigenvalue weighted by atomic mass is 15.3. The second-order valence-corrected chi connectivity index (χ2v) is 4.91. The molecule has 0 aliphatic rings. The van der Waals surface area contributed by atoms with Crippen LogP contribution in [-0.4, -0.2) is 20.9 Å². The van der Waals surface area contributed by atoms with Crippen molar-refractivity contribution in [3.05, 3.63) is 41.5 Å². The van der Waals surface area contributed by atoms with Crippen LogP contribution in [0.4, 0.5) is 0 Å². The van der Waals surface area contributed by atoms with E-state index in [1.54, 1.807) is 0 Å². The highest BCUT2D eigenvalue weighted by Crippen LogP contribution is 2.09. The molecule has 2 aromatic rings. The van der Waals surface area contributed by atoms with E-state index < -0.39 is 0 Å². The molecule has 0 radical (unpaired) electrons. The second kappa shape index (κ2) is 6.57. The highest BCUT2D eigenvalue weighted by Gasteiger charge is 2.06.